The molecule has 0 radical (unpaired) electrons. The molecule has 0 aliphatic carbocycles. The molecule has 0 amide bonds. The maximum Gasteiger partial charge on any atom is 0.108 e. The van der Waals surface area contributed by atoms with Crippen molar-refractivity contribution in [2.24, 2.45) is 0 Å². The lowest BCUT2D eigenvalue weighted by Crippen LogP contribution is -2.38. The first-order valence-corrected chi connectivity index (χ1v) is 3.26. The average molecular weight is 127 g/mol. The van der Waals surface area contributed by atoms with Crippen LogP contribution < -0.4 is 5.32 Å². The summed E-state index contributed by atoms with van der Waals surface area (Å²) in [5, 5.41) is 12.0. The Balaban J connectivity index is 2.56. The van der Waals surface area contributed by atoms with Crippen LogP contribution in [0.25, 0.3) is 0 Å². The Hall–Kier alpha value is -0.660. The van der Waals surface area contributed by atoms with Gasteiger partial charge in [0.25, 0.3) is 0 Å². The van der Waals surface area contributed by atoms with Gasteiger partial charge in [0.1, 0.15) is 5.76 Å². The summed E-state index contributed by atoms with van der Waals surface area (Å²) < 4.78 is 0. The normalized spacial score (nSPS) is 24.4. The van der Waals surface area contributed by atoms with Crippen molar-refractivity contribution in [3.63, 3.8) is 0 Å². The van der Waals surface area contributed by atoms with Crippen LogP contribution in [0, 0.1) is 0 Å². The van der Waals surface area contributed by atoms with E-state index in [1.807, 2.05) is 0 Å². The fraction of sp³-hybridized carbons (Fsp3) is 0.714. The molecule has 0 saturated heterocycles. The third kappa shape index (κ3) is 1.63. The molecule has 0 aromatic carbocycles. The van der Waals surface area contributed by atoms with E-state index in [1.54, 1.807) is 6.20 Å². The van der Waals surface area contributed by atoms with Gasteiger partial charge in [-0.3, -0.25) is 0 Å². The molecule has 1 aliphatic heterocycles. The molecule has 0 unspecified atom stereocenters. The number of aliphatic hydroxyl groups excluding tert-OH is 1. The maximum atomic E-state index is 8.94. The van der Waals surface area contributed by atoms with Crippen LogP contribution in [0.5, 0.6) is 0 Å². The number of allylic oxidation sites excluding steroid dienone is 1. The van der Waals surface area contributed by atoms with Gasteiger partial charge in [0.2, 0.25) is 0 Å². The van der Waals surface area contributed by atoms with Crippen LogP contribution in [0.1, 0.15) is 26.7 Å². The SMILES string of the molecule is CC1(C)CCC(O)=CN1. The van der Waals surface area contributed by atoms with Crippen LogP contribution in [0.4, 0.5) is 0 Å². The molecule has 1 heterocycles. The molecule has 0 aromatic rings. The molecular formula is C7H13NO. The van der Waals surface area contributed by atoms with Crippen LogP contribution in [-0.2, 0) is 0 Å². The van der Waals surface area contributed by atoms with Gasteiger partial charge in [0.15, 0.2) is 0 Å². The Bertz CT molecular complexity index is 138. The summed E-state index contributed by atoms with van der Waals surface area (Å²) in [6.07, 6.45) is 3.50. The van der Waals surface area contributed by atoms with E-state index in [9.17, 15) is 0 Å². The van der Waals surface area contributed by atoms with Gasteiger partial charge in [-0.2, -0.15) is 0 Å². The minimum Gasteiger partial charge on any atom is -0.511 e. The van der Waals surface area contributed by atoms with E-state index in [-0.39, 0.29) is 5.54 Å². The topological polar surface area (TPSA) is 32.3 Å². The van der Waals surface area contributed by atoms with E-state index in [1.165, 1.54) is 0 Å². The van der Waals surface area contributed by atoms with Crippen molar-refractivity contribution < 1.29 is 5.11 Å². The molecule has 2 N–H and O–H groups in total. The first-order valence-electron chi connectivity index (χ1n) is 3.26. The highest BCUT2D eigenvalue weighted by molar-refractivity contribution is 5.00. The third-order valence-electron chi connectivity index (χ3n) is 1.64. The standard InChI is InChI=1S/C7H13NO/c1-7(2)4-3-6(9)5-8-7/h5,8-9H,3-4H2,1-2H3. The summed E-state index contributed by atoms with van der Waals surface area (Å²) in [6.45, 7) is 4.24. The molecule has 0 spiro atoms. The fourth-order valence-electron chi connectivity index (χ4n) is 0.864. The van der Waals surface area contributed by atoms with Crippen molar-refractivity contribution in [3.8, 4) is 0 Å². The van der Waals surface area contributed by atoms with E-state index in [4.69, 9.17) is 5.11 Å². The molecule has 0 atom stereocenters. The van der Waals surface area contributed by atoms with Gasteiger partial charge in [-0.15, -0.1) is 0 Å². The van der Waals surface area contributed by atoms with E-state index < -0.39 is 0 Å². The first-order chi connectivity index (χ1) is 4.10. The zero-order valence-corrected chi connectivity index (χ0v) is 5.94. The second kappa shape index (κ2) is 1.94. The molecule has 2 heteroatoms. The van der Waals surface area contributed by atoms with Gasteiger partial charge in [-0.1, -0.05) is 0 Å². The molecule has 1 rings (SSSR count). The molecule has 2 nitrogen and oxygen atoms in total. The van der Waals surface area contributed by atoms with E-state index >= 15 is 0 Å². The number of rotatable bonds is 0. The van der Waals surface area contributed by atoms with Crippen molar-refractivity contribution in [3.05, 3.63) is 12.0 Å². The molecule has 0 aromatic heterocycles. The minimum atomic E-state index is 0.173. The molecule has 9 heavy (non-hydrogen) atoms. The van der Waals surface area contributed by atoms with Crippen LogP contribution in [0.3, 0.4) is 0 Å². The molecule has 0 fully saturated rings. The van der Waals surface area contributed by atoms with Gasteiger partial charge in [0, 0.05) is 18.2 Å². The summed E-state index contributed by atoms with van der Waals surface area (Å²) in [5.74, 6) is 0.467. The second-order valence-electron chi connectivity index (χ2n) is 3.16. The van der Waals surface area contributed by atoms with Crippen molar-refractivity contribution >= 4 is 0 Å². The quantitative estimate of drug-likeness (QED) is 0.517. The van der Waals surface area contributed by atoms with E-state index in [2.05, 4.69) is 19.2 Å². The van der Waals surface area contributed by atoms with Gasteiger partial charge >= 0.3 is 0 Å². The average Bonchev–Trinajstić information content (AvgIpc) is 1.78. The summed E-state index contributed by atoms with van der Waals surface area (Å²) >= 11 is 0. The predicted molar refractivity (Wildman–Crippen MR) is 37.2 cm³/mol. The summed E-state index contributed by atoms with van der Waals surface area (Å²) in [4.78, 5) is 0. The lowest BCUT2D eigenvalue weighted by atomic mass is 9.96. The highest BCUT2D eigenvalue weighted by Gasteiger charge is 2.19. The number of hydrogen-bond donors (Lipinski definition) is 2. The van der Waals surface area contributed by atoms with E-state index in [0.29, 0.717) is 5.76 Å². The van der Waals surface area contributed by atoms with E-state index in [0.717, 1.165) is 12.8 Å². The Morgan fingerprint density at radius 2 is 2.33 bits per heavy atom. The van der Waals surface area contributed by atoms with Crippen LogP contribution in [-0.4, -0.2) is 10.6 Å². The summed E-state index contributed by atoms with van der Waals surface area (Å²) in [5.41, 5.74) is 0.173. The van der Waals surface area contributed by atoms with Gasteiger partial charge in [0.05, 0.1) is 0 Å². The Morgan fingerprint density at radius 1 is 1.67 bits per heavy atom. The maximum absolute atomic E-state index is 8.94. The third-order valence-corrected chi connectivity index (χ3v) is 1.64. The number of aliphatic hydroxyl groups is 1. The minimum absolute atomic E-state index is 0.173. The predicted octanol–water partition coefficient (Wildman–Crippen LogP) is 1.55. The lowest BCUT2D eigenvalue weighted by Gasteiger charge is -2.28. The summed E-state index contributed by atoms with van der Waals surface area (Å²) in [7, 11) is 0. The highest BCUT2D eigenvalue weighted by atomic mass is 16.3. The number of hydrogen-bond acceptors (Lipinski definition) is 2. The second-order valence-corrected chi connectivity index (χ2v) is 3.16. The van der Waals surface area contributed by atoms with Gasteiger partial charge in [-0.25, -0.2) is 0 Å². The zero-order valence-electron chi connectivity index (χ0n) is 5.94. The van der Waals surface area contributed by atoms with Crippen LogP contribution in [0.15, 0.2) is 12.0 Å². The highest BCUT2D eigenvalue weighted by Crippen LogP contribution is 2.18. The Kier molecular flexibility index (Phi) is 1.39. The Labute approximate surface area is 55.6 Å². The molecule has 1 aliphatic rings. The van der Waals surface area contributed by atoms with Crippen LogP contribution >= 0.6 is 0 Å². The van der Waals surface area contributed by atoms with Gasteiger partial charge in [-0.05, 0) is 20.3 Å². The van der Waals surface area contributed by atoms with Crippen molar-refractivity contribution in [2.45, 2.75) is 32.2 Å². The molecule has 0 saturated carbocycles. The monoisotopic (exact) mass is 127 g/mol. The van der Waals surface area contributed by atoms with Crippen molar-refractivity contribution in [1.29, 1.82) is 0 Å². The van der Waals surface area contributed by atoms with Crippen LogP contribution in [0.2, 0.25) is 0 Å². The lowest BCUT2D eigenvalue weighted by molar-refractivity contribution is 0.304. The van der Waals surface area contributed by atoms with Crippen molar-refractivity contribution in [2.75, 3.05) is 0 Å². The fourth-order valence-corrected chi connectivity index (χ4v) is 0.864. The molecule has 52 valence electrons. The smallest absolute Gasteiger partial charge is 0.108 e. The number of nitrogens with one attached hydrogen (secondary N) is 1. The van der Waals surface area contributed by atoms with Crippen molar-refractivity contribution in [1.82, 2.24) is 5.32 Å². The molecule has 0 bridgehead atoms. The summed E-state index contributed by atoms with van der Waals surface area (Å²) in [6, 6.07) is 0. The van der Waals surface area contributed by atoms with Gasteiger partial charge < -0.3 is 10.4 Å². The molecular weight excluding hydrogens is 114 g/mol. The zero-order chi connectivity index (χ0) is 6.91. The Morgan fingerprint density at radius 3 is 2.67 bits per heavy atom. The first kappa shape index (κ1) is 6.46. The largest absolute Gasteiger partial charge is 0.511 e.